The van der Waals surface area contributed by atoms with E-state index in [1.54, 1.807) is 30.3 Å². The quantitative estimate of drug-likeness (QED) is 0.456. The summed E-state index contributed by atoms with van der Waals surface area (Å²) in [6, 6.07) is 11.3. The third-order valence-electron chi connectivity index (χ3n) is 4.52. The second-order valence-corrected chi connectivity index (χ2v) is 7.34. The lowest BCUT2D eigenvalue weighted by Crippen LogP contribution is -2.40. The fourth-order valence-corrected chi connectivity index (χ4v) is 3.53. The molecule has 0 amide bonds. The normalized spacial score (nSPS) is 11.3. The molecule has 2 aromatic carbocycles. The molecule has 0 saturated heterocycles. The molecule has 0 N–H and O–H groups in total. The molecule has 0 saturated carbocycles. The summed E-state index contributed by atoms with van der Waals surface area (Å²) in [5.41, 5.74) is 0.325. The van der Waals surface area contributed by atoms with Gasteiger partial charge < -0.3 is 4.52 Å². The van der Waals surface area contributed by atoms with E-state index in [0.29, 0.717) is 29.4 Å². The minimum atomic E-state index is -0.431. The molecule has 0 bridgehead atoms. The maximum absolute atomic E-state index is 13.5. The van der Waals surface area contributed by atoms with Gasteiger partial charge in [0.25, 0.3) is 5.56 Å². The highest BCUT2D eigenvalue weighted by Crippen LogP contribution is 2.23. The maximum Gasteiger partial charge on any atom is 0.331 e. The lowest BCUT2D eigenvalue weighted by molar-refractivity contribution is 0.369. The average molecular weight is 459 g/mol. The van der Waals surface area contributed by atoms with Crippen molar-refractivity contribution < 1.29 is 8.91 Å². The molecule has 29 heavy (non-hydrogen) atoms. The van der Waals surface area contributed by atoms with Crippen molar-refractivity contribution in [2.75, 3.05) is 0 Å². The highest BCUT2D eigenvalue weighted by atomic mass is 79.9. The molecule has 4 rings (SSSR count). The van der Waals surface area contributed by atoms with Crippen molar-refractivity contribution in [2.45, 2.75) is 26.4 Å². The first-order valence-corrected chi connectivity index (χ1v) is 9.79. The molecule has 0 aliphatic carbocycles. The molecule has 4 aromatic rings. The van der Waals surface area contributed by atoms with Crippen LogP contribution >= 0.6 is 15.9 Å². The number of halogens is 2. The van der Waals surface area contributed by atoms with Gasteiger partial charge in [-0.05, 0) is 52.7 Å². The topological polar surface area (TPSA) is 82.9 Å². The fourth-order valence-electron chi connectivity index (χ4n) is 3.15. The van der Waals surface area contributed by atoms with Gasteiger partial charge in [0.05, 0.1) is 15.4 Å². The number of rotatable bonds is 5. The van der Waals surface area contributed by atoms with Crippen LogP contribution in [0.1, 0.15) is 19.2 Å². The lowest BCUT2D eigenvalue weighted by Gasteiger charge is -2.12. The molecule has 0 radical (unpaired) electrons. The minimum Gasteiger partial charge on any atom is -0.337 e. The molecule has 9 heteroatoms. The third-order valence-corrected chi connectivity index (χ3v) is 5.13. The van der Waals surface area contributed by atoms with Crippen LogP contribution in [0.3, 0.4) is 0 Å². The molecule has 0 fully saturated rings. The van der Waals surface area contributed by atoms with E-state index in [0.717, 1.165) is 0 Å². The summed E-state index contributed by atoms with van der Waals surface area (Å²) in [4.78, 5) is 29.9. The van der Waals surface area contributed by atoms with Crippen LogP contribution in [-0.2, 0) is 13.1 Å². The third kappa shape index (κ3) is 3.53. The van der Waals surface area contributed by atoms with E-state index in [4.69, 9.17) is 4.52 Å². The molecular formula is C20H16BrFN4O3. The van der Waals surface area contributed by atoms with Gasteiger partial charge in [-0.15, -0.1) is 0 Å². The van der Waals surface area contributed by atoms with Crippen molar-refractivity contribution in [3.05, 3.63) is 79.5 Å². The molecule has 7 nitrogen and oxygen atoms in total. The van der Waals surface area contributed by atoms with Gasteiger partial charge in [-0.3, -0.25) is 13.9 Å². The van der Waals surface area contributed by atoms with Gasteiger partial charge in [0.15, 0.2) is 0 Å². The largest absolute Gasteiger partial charge is 0.337 e. The van der Waals surface area contributed by atoms with E-state index in [1.807, 2.05) is 6.92 Å². The van der Waals surface area contributed by atoms with Crippen LogP contribution in [0.4, 0.5) is 4.39 Å². The van der Waals surface area contributed by atoms with E-state index in [1.165, 1.54) is 21.3 Å². The maximum atomic E-state index is 13.5. The lowest BCUT2D eigenvalue weighted by atomic mass is 10.2. The number of nitrogens with zero attached hydrogens (tertiary/aromatic N) is 4. The Hall–Kier alpha value is -3.07. The van der Waals surface area contributed by atoms with Crippen LogP contribution in [-0.4, -0.2) is 19.3 Å². The monoisotopic (exact) mass is 458 g/mol. The Kier molecular flexibility index (Phi) is 5.14. The summed E-state index contributed by atoms with van der Waals surface area (Å²) in [6.07, 6.45) is 0.650. The SMILES string of the molecule is CCCn1c(=O)c2ccccc2n(Cc2nc(-c3ccc(F)c(Br)c3)no2)c1=O. The molecular weight excluding hydrogens is 443 g/mol. The van der Waals surface area contributed by atoms with Gasteiger partial charge in [0.2, 0.25) is 11.7 Å². The van der Waals surface area contributed by atoms with Crippen LogP contribution < -0.4 is 11.2 Å². The number of fused-ring (bicyclic) bond motifs is 1. The number of aromatic nitrogens is 4. The highest BCUT2D eigenvalue weighted by molar-refractivity contribution is 9.10. The number of para-hydroxylation sites is 1. The Balaban J connectivity index is 1.79. The molecule has 0 aliphatic heterocycles. The summed E-state index contributed by atoms with van der Waals surface area (Å²) < 4.78 is 21.7. The van der Waals surface area contributed by atoms with Gasteiger partial charge >= 0.3 is 5.69 Å². The number of hydrogen-bond acceptors (Lipinski definition) is 5. The smallest absolute Gasteiger partial charge is 0.331 e. The zero-order valence-corrected chi connectivity index (χ0v) is 17.0. The highest BCUT2D eigenvalue weighted by Gasteiger charge is 2.16. The van der Waals surface area contributed by atoms with E-state index in [-0.39, 0.29) is 28.3 Å². The van der Waals surface area contributed by atoms with Crippen LogP contribution in [0.15, 0.2) is 61.0 Å². The molecule has 2 aromatic heterocycles. The number of benzene rings is 2. The summed E-state index contributed by atoms with van der Waals surface area (Å²) >= 11 is 3.13. The van der Waals surface area contributed by atoms with Crippen LogP contribution in [0.5, 0.6) is 0 Å². The first kappa shape index (κ1) is 19.3. The molecule has 0 spiro atoms. The van der Waals surface area contributed by atoms with Crippen molar-refractivity contribution in [3.63, 3.8) is 0 Å². The molecule has 148 valence electrons. The summed E-state index contributed by atoms with van der Waals surface area (Å²) in [6.45, 7) is 2.23. The molecule has 0 unspecified atom stereocenters. The Morgan fingerprint density at radius 3 is 2.69 bits per heavy atom. The molecule has 2 heterocycles. The van der Waals surface area contributed by atoms with Gasteiger partial charge in [-0.25, -0.2) is 9.18 Å². The zero-order chi connectivity index (χ0) is 20.5. The predicted molar refractivity (Wildman–Crippen MR) is 109 cm³/mol. The predicted octanol–water partition coefficient (Wildman–Crippen LogP) is 3.57. The Labute approximate surface area is 172 Å². The summed E-state index contributed by atoms with van der Waals surface area (Å²) in [5.74, 6) is 0.0861. The average Bonchev–Trinajstić information content (AvgIpc) is 3.19. The van der Waals surface area contributed by atoms with Gasteiger partial charge in [0, 0.05) is 12.1 Å². The van der Waals surface area contributed by atoms with E-state index in [2.05, 4.69) is 26.1 Å². The van der Waals surface area contributed by atoms with E-state index in [9.17, 15) is 14.0 Å². The van der Waals surface area contributed by atoms with Crippen LogP contribution in [0.25, 0.3) is 22.3 Å². The molecule has 0 aliphatic rings. The van der Waals surface area contributed by atoms with Crippen LogP contribution in [0, 0.1) is 5.82 Å². The zero-order valence-electron chi connectivity index (χ0n) is 15.4. The minimum absolute atomic E-state index is 0.0126. The van der Waals surface area contributed by atoms with Gasteiger partial charge in [0.1, 0.15) is 12.4 Å². The second kappa shape index (κ2) is 7.75. The second-order valence-electron chi connectivity index (χ2n) is 6.48. The van der Waals surface area contributed by atoms with E-state index < -0.39 is 11.5 Å². The number of hydrogen-bond donors (Lipinski definition) is 0. The summed E-state index contributed by atoms with van der Waals surface area (Å²) in [7, 11) is 0. The van der Waals surface area contributed by atoms with Crippen molar-refractivity contribution in [1.29, 1.82) is 0 Å². The Morgan fingerprint density at radius 2 is 1.93 bits per heavy atom. The first-order valence-electron chi connectivity index (χ1n) is 9.00. The Morgan fingerprint density at radius 1 is 1.14 bits per heavy atom. The van der Waals surface area contributed by atoms with E-state index >= 15 is 0 Å². The fraction of sp³-hybridized carbons (Fsp3) is 0.200. The standard InChI is InChI=1S/C20H16BrFN4O3/c1-2-9-25-19(27)13-5-3-4-6-16(13)26(20(25)28)11-17-23-18(24-29-17)12-7-8-15(22)14(21)10-12/h3-8,10H,2,9,11H2,1H3. The van der Waals surface area contributed by atoms with Gasteiger partial charge in [-0.1, -0.05) is 24.2 Å². The molecule has 0 atom stereocenters. The van der Waals surface area contributed by atoms with Crippen molar-refractivity contribution in [1.82, 2.24) is 19.3 Å². The van der Waals surface area contributed by atoms with Crippen molar-refractivity contribution in [2.24, 2.45) is 0 Å². The van der Waals surface area contributed by atoms with Crippen molar-refractivity contribution in [3.8, 4) is 11.4 Å². The summed E-state index contributed by atoms with van der Waals surface area (Å²) in [5, 5.41) is 4.37. The first-order chi connectivity index (χ1) is 14.0. The van der Waals surface area contributed by atoms with Crippen LogP contribution in [0.2, 0.25) is 0 Å². The van der Waals surface area contributed by atoms with Gasteiger partial charge in [-0.2, -0.15) is 4.98 Å². The van der Waals surface area contributed by atoms with Crippen molar-refractivity contribution >= 4 is 26.8 Å². The Bertz CT molecular complexity index is 1330.